The Hall–Kier alpha value is -1.49. The summed E-state index contributed by atoms with van der Waals surface area (Å²) in [4.78, 5) is 8.91. The average Bonchev–Trinajstić information content (AvgIpc) is 2.33. The second-order valence-electron chi connectivity index (χ2n) is 5.34. The number of hydrogen-bond donors (Lipinski definition) is 2. The number of pyridine rings is 1. The maximum Gasteiger partial charge on any atom is 0.149 e. The molecule has 18 heavy (non-hydrogen) atoms. The van der Waals surface area contributed by atoms with Crippen LogP contribution in [0.5, 0.6) is 0 Å². The van der Waals surface area contributed by atoms with Crippen molar-refractivity contribution in [3.05, 3.63) is 12.1 Å². The summed E-state index contributed by atoms with van der Waals surface area (Å²) in [6.07, 6.45) is 2.42. The summed E-state index contributed by atoms with van der Waals surface area (Å²) in [7, 11) is 4.27. The van der Waals surface area contributed by atoms with Crippen LogP contribution in [0, 0.1) is 5.92 Å². The number of piperidine rings is 1. The molecule has 0 atom stereocenters. The van der Waals surface area contributed by atoms with Gasteiger partial charge in [0.15, 0.2) is 0 Å². The fourth-order valence-corrected chi connectivity index (χ4v) is 2.51. The average molecular weight is 249 g/mol. The number of nitrogens with zero attached hydrogens (tertiary/aromatic N) is 3. The van der Waals surface area contributed by atoms with E-state index in [2.05, 4.69) is 28.9 Å². The zero-order chi connectivity index (χ0) is 13.1. The fraction of sp³-hybridized carbons (Fsp3) is 0.615. The molecule has 1 aliphatic rings. The Balaban J connectivity index is 1.94. The van der Waals surface area contributed by atoms with Gasteiger partial charge in [-0.15, -0.1) is 0 Å². The van der Waals surface area contributed by atoms with Crippen molar-refractivity contribution in [1.82, 2.24) is 9.88 Å². The molecular formula is C13H23N5. The van der Waals surface area contributed by atoms with E-state index in [1.807, 2.05) is 12.1 Å². The fourth-order valence-electron chi connectivity index (χ4n) is 2.51. The molecule has 4 N–H and O–H groups in total. The smallest absolute Gasteiger partial charge is 0.149 e. The monoisotopic (exact) mass is 249 g/mol. The quantitative estimate of drug-likeness (QED) is 0.837. The highest BCUT2D eigenvalue weighted by molar-refractivity contribution is 5.62. The Kier molecular flexibility index (Phi) is 3.91. The van der Waals surface area contributed by atoms with Crippen molar-refractivity contribution >= 4 is 17.3 Å². The number of aromatic nitrogens is 1. The van der Waals surface area contributed by atoms with E-state index < -0.39 is 0 Å². The molecule has 0 amide bonds. The molecule has 1 fully saturated rings. The van der Waals surface area contributed by atoms with Gasteiger partial charge in [0.1, 0.15) is 11.6 Å². The lowest BCUT2D eigenvalue weighted by Gasteiger charge is -2.34. The predicted molar refractivity (Wildman–Crippen MR) is 76.6 cm³/mol. The van der Waals surface area contributed by atoms with Gasteiger partial charge >= 0.3 is 0 Å². The minimum Gasteiger partial charge on any atom is -0.396 e. The third-order valence-electron chi connectivity index (χ3n) is 3.50. The lowest BCUT2D eigenvalue weighted by molar-refractivity contribution is 0.284. The summed E-state index contributed by atoms with van der Waals surface area (Å²) in [5, 5.41) is 0. The van der Waals surface area contributed by atoms with Gasteiger partial charge in [0.25, 0.3) is 0 Å². The van der Waals surface area contributed by atoms with Gasteiger partial charge in [-0.3, -0.25) is 0 Å². The van der Waals surface area contributed by atoms with Crippen LogP contribution < -0.4 is 16.4 Å². The summed E-state index contributed by atoms with van der Waals surface area (Å²) in [6.45, 7) is 3.27. The van der Waals surface area contributed by atoms with Gasteiger partial charge in [-0.1, -0.05) is 0 Å². The third-order valence-corrected chi connectivity index (χ3v) is 3.50. The second kappa shape index (κ2) is 5.44. The Morgan fingerprint density at radius 2 is 1.94 bits per heavy atom. The zero-order valence-corrected chi connectivity index (χ0v) is 11.3. The van der Waals surface area contributed by atoms with Gasteiger partial charge in [-0.25, -0.2) is 4.98 Å². The van der Waals surface area contributed by atoms with Gasteiger partial charge in [0.2, 0.25) is 0 Å². The van der Waals surface area contributed by atoms with Gasteiger partial charge in [-0.05, 0) is 45.0 Å². The largest absolute Gasteiger partial charge is 0.396 e. The number of nitrogen functional groups attached to an aromatic ring is 2. The van der Waals surface area contributed by atoms with E-state index >= 15 is 0 Å². The highest BCUT2D eigenvalue weighted by atomic mass is 15.2. The molecule has 0 bridgehead atoms. The highest BCUT2D eigenvalue weighted by Crippen LogP contribution is 2.24. The van der Waals surface area contributed by atoms with Crippen LogP contribution >= 0.6 is 0 Å². The summed E-state index contributed by atoms with van der Waals surface area (Å²) < 4.78 is 0. The molecule has 1 aromatic rings. The van der Waals surface area contributed by atoms with Crippen LogP contribution in [0.1, 0.15) is 12.8 Å². The van der Waals surface area contributed by atoms with Crippen LogP contribution in [0.25, 0.3) is 0 Å². The van der Waals surface area contributed by atoms with Crippen molar-refractivity contribution in [3.63, 3.8) is 0 Å². The van der Waals surface area contributed by atoms with E-state index in [4.69, 9.17) is 11.5 Å². The molecule has 0 unspecified atom stereocenters. The number of nitrogens with two attached hydrogens (primary N) is 2. The van der Waals surface area contributed by atoms with Crippen LogP contribution in [0.2, 0.25) is 0 Å². The number of rotatable bonds is 3. The number of anilines is 3. The first-order valence-corrected chi connectivity index (χ1v) is 6.48. The number of hydrogen-bond acceptors (Lipinski definition) is 5. The standard InChI is InChI=1S/C13H23N5/c1-17(2)9-10-5-7-18(8-6-10)12-4-3-11(14)13(15)16-12/h3-4,10H,5-9,14H2,1-2H3,(H2,15,16). The van der Waals surface area contributed by atoms with Gasteiger partial charge in [0, 0.05) is 19.6 Å². The molecule has 0 radical (unpaired) electrons. The maximum atomic E-state index is 5.75. The molecule has 1 aromatic heterocycles. The Labute approximate surface area is 109 Å². The van der Waals surface area contributed by atoms with Crippen molar-refractivity contribution in [3.8, 4) is 0 Å². The molecule has 5 nitrogen and oxygen atoms in total. The van der Waals surface area contributed by atoms with Crippen molar-refractivity contribution in [2.45, 2.75) is 12.8 Å². The Bertz CT molecular complexity index is 396. The molecule has 2 heterocycles. The van der Waals surface area contributed by atoms with Crippen LogP contribution in [-0.4, -0.2) is 43.6 Å². The molecule has 5 heteroatoms. The van der Waals surface area contributed by atoms with Crippen LogP contribution in [0.4, 0.5) is 17.3 Å². The Morgan fingerprint density at radius 1 is 1.28 bits per heavy atom. The molecule has 0 aliphatic carbocycles. The SMILES string of the molecule is CN(C)CC1CCN(c2ccc(N)c(N)n2)CC1. The van der Waals surface area contributed by atoms with E-state index in [9.17, 15) is 0 Å². The molecule has 1 aliphatic heterocycles. The van der Waals surface area contributed by atoms with E-state index in [1.165, 1.54) is 19.4 Å². The van der Waals surface area contributed by atoms with Gasteiger partial charge in [-0.2, -0.15) is 0 Å². The molecule has 0 spiro atoms. The lowest BCUT2D eigenvalue weighted by Crippen LogP contribution is -2.37. The molecule has 100 valence electrons. The molecular weight excluding hydrogens is 226 g/mol. The van der Waals surface area contributed by atoms with E-state index in [-0.39, 0.29) is 0 Å². The van der Waals surface area contributed by atoms with Crippen molar-refractivity contribution in [1.29, 1.82) is 0 Å². The Morgan fingerprint density at radius 3 is 2.50 bits per heavy atom. The van der Waals surface area contributed by atoms with Crippen LogP contribution in [-0.2, 0) is 0 Å². The molecule has 0 saturated carbocycles. The summed E-state index contributed by atoms with van der Waals surface area (Å²) >= 11 is 0. The van der Waals surface area contributed by atoms with Crippen LogP contribution in [0.15, 0.2) is 12.1 Å². The third kappa shape index (κ3) is 3.04. The molecule has 2 rings (SSSR count). The summed E-state index contributed by atoms with van der Waals surface area (Å²) in [5.41, 5.74) is 12.0. The maximum absolute atomic E-state index is 5.75. The second-order valence-corrected chi connectivity index (χ2v) is 5.34. The van der Waals surface area contributed by atoms with Gasteiger partial charge < -0.3 is 21.3 Å². The van der Waals surface area contributed by atoms with E-state index in [0.29, 0.717) is 11.5 Å². The predicted octanol–water partition coefficient (Wildman–Crippen LogP) is 1.02. The normalized spacial score (nSPS) is 17.4. The van der Waals surface area contributed by atoms with Crippen molar-refractivity contribution < 1.29 is 0 Å². The van der Waals surface area contributed by atoms with E-state index in [0.717, 1.165) is 24.8 Å². The summed E-state index contributed by atoms with van der Waals surface area (Å²) in [6, 6.07) is 3.79. The summed E-state index contributed by atoms with van der Waals surface area (Å²) in [5.74, 6) is 2.18. The van der Waals surface area contributed by atoms with Crippen molar-refractivity contribution in [2.24, 2.45) is 5.92 Å². The zero-order valence-electron chi connectivity index (χ0n) is 11.3. The minimum absolute atomic E-state index is 0.433. The van der Waals surface area contributed by atoms with Crippen molar-refractivity contribution in [2.75, 3.05) is 50.1 Å². The minimum atomic E-state index is 0.433. The first-order chi connectivity index (χ1) is 8.56. The molecule has 1 saturated heterocycles. The topological polar surface area (TPSA) is 71.4 Å². The first-order valence-electron chi connectivity index (χ1n) is 6.48. The first kappa shape index (κ1) is 13.0. The van der Waals surface area contributed by atoms with Crippen LogP contribution in [0.3, 0.4) is 0 Å². The lowest BCUT2D eigenvalue weighted by atomic mass is 9.96. The molecule has 0 aromatic carbocycles. The van der Waals surface area contributed by atoms with E-state index in [1.54, 1.807) is 0 Å². The highest BCUT2D eigenvalue weighted by Gasteiger charge is 2.20. The van der Waals surface area contributed by atoms with Gasteiger partial charge in [0.05, 0.1) is 5.69 Å².